The van der Waals surface area contributed by atoms with Gasteiger partial charge < -0.3 is 4.74 Å². The lowest BCUT2D eigenvalue weighted by molar-refractivity contribution is 0.111. The van der Waals surface area contributed by atoms with Crippen LogP contribution in [-0.2, 0) is 0 Å². The molecule has 2 aromatic heterocycles. The smallest absolute Gasteiger partial charge is 0.154 e. The molecule has 1 aliphatic carbocycles. The maximum Gasteiger partial charge on any atom is 0.154 e. The Kier molecular flexibility index (Phi) is 5.26. The van der Waals surface area contributed by atoms with E-state index in [1.54, 1.807) is 18.6 Å². The predicted molar refractivity (Wildman–Crippen MR) is 94.5 cm³/mol. The number of aldehydes is 1. The number of carbonyl (C=O) groups is 1. The maximum atomic E-state index is 11.3. The third kappa shape index (κ3) is 3.49. The number of rotatable bonds is 5. The molecule has 0 amide bonds. The first kappa shape index (κ1) is 16.7. The van der Waals surface area contributed by atoms with Crippen LogP contribution in [0, 0.1) is 6.92 Å². The predicted octanol–water partition coefficient (Wildman–Crippen LogP) is 4.66. The van der Waals surface area contributed by atoms with Crippen LogP contribution in [0.1, 0.15) is 47.2 Å². The molecule has 0 saturated heterocycles. The fraction of sp³-hybridized carbons (Fsp3) is 0.316. The number of hydrogen-bond acceptors (Lipinski definition) is 4. The van der Waals surface area contributed by atoms with Crippen molar-refractivity contribution in [2.45, 2.75) is 32.6 Å². The molecule has 4 nitrogen and oxygen atoms in total. The van der Waals surface area contributed by atoms with Gasteiger partial charge in [-0.25, -0.2) is 4.98 Å². The number of aromatic nitrogens is 2. The van der Waals surface area contributed by atoms with Gasteiger partial charge in [-0.15, -0.1) is 0 Å². The Morgan fingerprint density at radius 3 is 2.92 bits per heavy atom. The van der Waals surface area contributed by atoms with E-state index in [2.05, 4.69) is 9.97 Å². The van der Waals surface area contributed by atoms with Crippen molar-refractivity contribution in [1.82, 2.24) is 9.97 Å². The highest BCUT2D eigenvalue weighted by Gasteiger charge is 2.18. The van der Waals surface area contributed by atoms with E-state index in [0.29, 0.717) is 23.1 Å². The summed E-state index contributed by atoms with van der Waals surface area (Å²) in [6, 6.07) is 3.90. The Hall–Kier alpha value is -2.20. The number of aryl methyl sites for hydroxylation is 1. The van der Waals surface area contributed by atoms with E-state index in [0.717, 1.165) is 43.1 Å². The van der Waals surface area contributed by atoms with Crippen LogP contribution < -0.4 is 4.74 Å². The minimum Gasteiger partial charge on any atom is -0.487 e. The van der Waals surface area contributed by atoms with Crippen LogP contribution in [0.3, 0.4) is 0 Å². The SMILES string of the molecule is Cc1cncc(OCC2=C(c3cccnc3Cl)CCCC2)c1C=O. The van der Waals surface area contributed by atoms with Gasteiger partial charge in [-0.3, -0.25) is 9.78 Å². The largest absolute Gasteiger partial charge is 0.487 e. The molecule has 2 aromatic rings. The van der Waals surface area contributed by atoms with Crippen molar-refractivity contribution in [3.63, 3.8) is 0 Å². The number of carbonyl (C=O) groups excluding carboxylic acids is 1. The Morgan fingerprint density at radius 1 is 1.29 bits per heavy atom. The van der Waals surface area contributed by atoms with E-state index < -0.39 is 0 Å². The third-order valence-electron chi connectivity index (χ3n) is 4.34. The van der Waals surface area contributed by atoms with Crippen LogP contribution in [0.4, 0.5) is 0 Å². The van der Waals surface area contributed by atoms with Gasteiger partial charge in [-0.05, 0) is 55.4 Å². The average molecular weight is 343 g/mol. The standard InChI is InChI=1S/C19H19ClN2O2/c1-13-9-21-10-18(17(13)11-23)24-12-14-5-2-3-6-15(14)16-7-4-8-22-19(16)20/h4,7-11H,2-3,5-6,12H2,1H3. The van der Waals surface area contributed by atoms with Gasteiger partial charge in [0.05, 0.1) is 11.8 Å². The third-order valence-corrected chi connectivity index (χ3v) is 4.64. The van der Waals surface area contributed by atoms with Crippen LogP contribution in [0.25, 0.3) is 5.57 Å². The number of pyridine rings is 2. The normalized spacial score (nSPS) is 14.6. The number of nitrogens with zero attached hydrogens (tertiary/aromatic N) is 2. The zero-order valence-electron chi connectivity index (χ0n) is 13.6. The molecule has 0 bridgehead atoms. The first-order valence-corrected chi connectivity index (χ1v) is 8.43. The summed E-state index contributed by atoms with van der Waals surface area (Å²) in [5, 5.41) is 0.526. The molecule has 0 spiro atoms. The van der Waals surface area contributed by atoms with E-state index in [4.69, 9.17) is 16.3 Å². The Balaban J connectivity index is 1.88. The first-order valence-electron chi connectivity index (χ1n) is 8.05. The average Bonchev–Trinajstić information content (AvgIpc) is 2.61. The molecule has 3 rings (SSSR count). The summed E-state index contributed by atoms with van der Waals surface area (Å²) in [6.45, 7) is 2.29. The molecule has 0 aromatic carbocycles. The maximum absolute atomic E-state index is 11.3. The molecule has 0 aliphatic heterocycles. The van der Waals surface area contributed by atoms with Crippen LogP contribution in [-0.4, -0.2) is 22.9 Å². The van der Waals surface area contributed by atoms with Crippen molar-refractivity contribution in [2.75, 3.05) is 6.61 Å². The molecule has 0 atom stereocenters. The minimum atomic E-state index is 0.437. The number of hydrogen-bond donors (Lipinski definition) is 0. The quantitative estimate of drug-likeness (QED) is 0.586. The summed E-state index contributed by atoms with van der Waals surface area (Å²) in [5.41, 5.74) is 4.79. The highest BCUT2D eigenvalue weighted by atomic mass is 35.5. The molecule has 0 unspecified atom stereocenters. The summed E-state index contributed by atoms with van der Waals surface area (Å²) in [5.74, 6) is 0.528. The molecule has 0 N–H and O–H groups in total. The molecule has 0 saturated carbocycles. The topological polar surface area (TPSA) is 52.1 Å². The Labute approximate surface area is 146 Å². The highest BCUT2D eigenvalue weighted by molar-refractivity contribution is 6.31. The van der Waals surface area contributed by atoms with E-state index in [1.165, 1.54) is 11.1 Å². The number of allylic oxidation sites excluding steroid dienone is 1. The van der Waals surface area contributed by atoms with Crippen molar-refractivity contribution >= 4 is 23.5 Å². The van der Waals surface area contributed by atoms with Crippen LogP contribution >= 0.6 is 11.6 Å². The summed E-state index contributed by atoms with van der Waals surface area (Å²) >= 11 is 6.27. The molecular weight excluding hydrogens is 324 g/mol. The van der Waals surface area contributed by atoms with E-state index in [-0.39, 0.29) is 0 Å². The summed E-state index contributed by atoms with van der Waals surface area (Å²) in [7, 11) is 0. The van der Waals surface area contributed by atoms with Gasteiger partial charge in [-0.2, -0.15) is 0 Å². The van der Waals surface area contributed by atoms with Crippen molar-refractivity contribution in [1.29, 1.82) is 0 Å². The lowest BCUT2D eigenvalue weighted by Gasteiger charge is -2.22. The number of ether oxygens (including phenoxy) is 1. The van der Waals surface area contributed by atoms with Crippen LogP contribution in [0.15, 0.2) is 36.3 Å². The minimum absolute atomic E-state index is 0.437. The molecular formula is C19H19ClN2O2. The van der Waals surface area contributed by atoms with Crippen LogP contribution in [0.2, 0.25) is 5.15 Å². The zero-order valence-corrected chi connectivity index (χ0v) is 14.3. The monoisotopic (exact) mass is 342 g/mol. The zero-order chi connectivity index (χ0) is 16.9. The second kappa shape index (κ2) is 7.58. The highest BCUT2D eigenvalue weighted by Crippen LogP contribution is 2.35. The molecule has 0 radical (unpaired) electrons. The van der Waals surface area contributed by atoms with Gasteiger partial charge in [0.25, 0.3) is 0 Å². The summed E-state index contributed by atoms with van der Waals surface area (Å²) < 4.78 is 5.92. The van der Waals surface area contributed by atoms with Gasteiger partial charge in [-0.1, -0.05) is 17.7 Å². The van der Waals surface area contributed by atoms with E-state index >= 15 is 0 Å². The lowest BCUT2D eigenvalue weighted by Crippen LogP contribution is -2.10. The molecule has 124 valence electrons. The molecule has 5 heteroatoms. The van der Waals surface area contributed by atoms with Crippen molar-refractivity contribution in [3.05, 3.63) is 58.1 Å². The van der Waals surface area contributed by atoms with Gasteiger partial charge >= 0.3 is 0 Å². The summed E-state index contributed by atoms with van der Waals surface area (Å²) in [6.07, 6.45) is 9.98. The number of halogens is 1. The van der Waals surface area contributed by atoms with Crippen LogP contribution in [0.5, 0.6) is 5.75 Å². The fourth-order valence-corrected chi connectivity index (χ4v) is 3.28. The molecule has 1 aliphatic rings. The second-order valence-corrected chi connectivity index (χ2v) is 6.26. The van der Waals surface area contributed by atoms with Gasteiger partial charge in [0.1, 0.15) is 17.5 Å². The second-order valence-electron chi connectivity index (χ2n) is 5.91. The summed E-state index contributed by atoms with van der Waals surface area (Å²) in [4.78, 5) is 19.6. The molecule has 2 heterocycles. The van der Waals surface area contributed by atoms with Gasteiger partial charge in [0.2, 0.25) is 0 Å². The first-order chi connectivity index (χ1) is 11.7. The van der Waals surface area contributed by atoms with E-state index in [1.807, 2.05) is 19.1 Å². The van der Waals surface area contributed by atoms with Crippen molar-refractivity contribution in [2.24, 2.45) is 0 Å². The Morgan fingerprint density at radius 2 is 2.12 bits per heavy atom. The van der Waals surface area contributed by atoms with Crippen molar-refractivity contribution < 1.29 is 9.53 Å². The fourth-order valence-electron chi connectivity index (χ4n) is 3.04. The van der Waals surface area contributed by atoms with E-state index in [9.17, 15) is 4.79 Å². The van der Waals surface area contributed by atoms with Crippen molar-refractivity contribution in [3.8, 4) is 5.75 Å². The van der Waals surface area contributed by atoms with Gasteiger partial charge in [0, 0.05) is 18.0 Å². The molecule has 24 heavy (non-hydrogen) atoms. The molecule has 0 fully saturated rings. The lowest BCUT2D eigenvalue weighted by atomic mass is 9.88. The Bertz CT molecular complexity index is 787. The van der Waals surface area contributed by atoms with Gasteiger partial charge in [0.15, 0.2) is 6.29 Å².